The standard InChI is InChI=1S/C22H24N2O4S/c1-15(20(25)16-9-11-17(28-3)12-10-16)29-22-23-19-8-5-4-7-18(19)21(26)24(22)13-6-14-27-2/h4-5,7-12,15H,6,13-14H2,1-3H3/t15-/m0/s1. The van der Waals surface area contributed by atoms with Gasteiger partial charge in [-0.15, -0.1) is 0 Å². The lowest BCUT2D eigenvalue weighted by Crippen LogP contribution is -2.25. The van der Waals surface area contributed by atoms with Crippen molar-refractivity contribution in [1.29, 1.82) is 0 Å². The van der Waals surface area contributed by atoms with Crippen LogP contribution < -0.4 is 10.3 Å². The van der Waals surface area contributed by atoms with Gasteiger partial charge in [-0.3, -0.25) is 14.2 Å². The van der Waals surface area contributed by atoms with Crippen molar-refractivity contribution in [2.24, 2.45) is 0 Å². The molecule has 0 saturated heterocycles. The summed E-state index contributed by atoms with van der Waals surface area (Å²) in [5.41, 5.74) is 1.13. The fraction of sp³-hybridized carbons (Fsp3) is 0.318. The minimum absolute atomic E-state index is 0.0245. The predicted octanol–water partition coefficient (Wildman–Crippen LogP) is 3.81. The van der Waals surface area contributed by atoms with Crippen molar-refractivity contribution >= 4 is 28.4 Å². The fourth-order valence-corrected chi connectivity index (χ4v) is 4.02. The van der Waals surface area contributed by atoms with E-state index < -0.39 is 5.25 Å². The summed E-state index contributed by atoms with van der Waals surface area (Å²) < 4.78 is 11.9. The molecule has 2 aromatic carbocycles. The second kappa shape index (κ2) is 9.71. The van der Waals surface area contributed by atoms with E-state index in [1.807, 2.05) is 25.1 Å². The Kier molecular flexibility index (Phi) is 7.06. The van der Waals surface area contributed by atoms with Gasteiger partial charge in [0, 0.05) is 25.8 Å². The number of methoxy groups -OCH3 is 2. The zero-order valence-corrected chi connectivity index (χ0v) is 17.6. The number of ketones is 1. The third kappa shape index (κ3) is 4.86. The molecule has 0 aliphatic heterocycles. The Morgan fingerprint density at radius 2 is 1.86 bits per heavy atom. The molecule has 0 saturated carbocycles. The summed E-state index contributed by atoms with van der Waals surface area (Å²) in [5, 5.41) is 0.715. The van der Waals surface area contributed by atoms with Crippen molar-refractivity contribution in [3.63, 3.8) is 0 Å². The van der Waals surface area contributed by atoms with Gasteiger partial charge in [0.25, 0.3) is 5.56 Å². The lowest BCUT2D eigenvalue weighted by molar-refractivity contribution is 0.0993. The molecule has 1 aromatic heterocycles. The number of hydrogen-bond donors (Lipinski definition) is 0. The summed E-state index contributed by atoms with van der Waals surface area (Å²) in [6.45, 7) is 2.86. The number of rotatable bonds is 9. The molecule has 7 heteroatoms. The van der Waals surface area contributed by atoms with Gasteiger partial charge in [-0.2, -0.15) is 0 Å². The van der Waals surface area contributed by atoms with E-state index in [2.05, 4.69) is 4.98 Å². The second-order valence-electron chi connectivity index (χ2n) is 6.57. The number of benzene rings is 2. The summed E-state index contributed by atoms with van der Waals surface area (Å²) in [6, 6.07) is 14.3. The number of carbonyl (C=O) groups is 1. The Hall–Kier alpha value is -2.64. The molecule has 29 heavy (non-hydrogen) atoms. The first kappa shape index (κ1) is 21.1. The maximum atomic E-state index is 13.0. The molecule has 0 bridgehead atoms. The van der Waals surface area contributed by atoms with Crippen molar-refractivity contribution in [2.75, 3.05) is 20.8 Å². The Labute approximate surface area is 173 Å². The van der Waals surface area contributed by atoms with E-state index in [1.54, 1.807) is 49.1 Å². The van der Waals surface area contributed by atoms with E-state index in [0.717, 1.165) is 0 Å². The van der Waals surface area contributed by atoms with Gasteiger partial charge in [0.2, 0.25) is 0 Å². The number of nitrogens with zero attached hydrogens (tertiary/aromatic N) is 2. The molecule has 1 atom stereocenters. The van der Waals surface area contributed by atoms with Gasteiger partial charge in [-0.1, -0.05) is 23.9 Å². The maximum absolute atomic E-state index is 13.0. The lowest BCUT2D eigenvalue weighted by Gasteiger charge is -2.16. The van der Waals surface area contributed by atoms with E-state index >= 15 is 0 Å². The number of hydrogen-bond acceptors (Lipinski definition) is 6. The smallest absolute Gasteiger partial charge is 0.262 e. The molecule has 152 valence electrons. The van der Waals surface area contributed by atoms with Gasteiger partial charge in [-0.05, 0) is 49.7 Å². The summed E-state index contributed by atoms with van der Waals surface area (Å²) in [5.74, 6) is 0.675. The van der Waals surface area contributed by atoms with Gasteiger partial charge in [-0.25, -0.2) is 4.98 Å². The summed E-state index contributed by atoms with van der Waals surface area (Å²) in [6.07, 6.45) is 0.685. The molecule has 0 aliphatic rings. The van der Waals surface area contributed by atoms with Crippen molar-refractivity contribution in [3.8, 4) is 5.75 Å². The summed E-state index contributed by atoms with van der Waals surface area (Å²) in [4.78, 5) is 30.5. The normalized spacial score (nSPS) is 12.1. The Morgan fingerprint density at radius 1 is 1.14 bits per heavy atom. The van der Waals surface area contributed by atoms with Crippen LogP contribution in [0.25, 0.3) is 10.9 Å². The van der Waals surface area contributed by atoms with Crippen molar-refractivity contribution in [3.05, 3.63) is 64.4 Å². The molecule has 3 rings (SSSR count). The first-order chi connectivity index (χ1) is 14.0. The largest absolute Gasteiger partial charge is 0.497 e. The molecule has 0 radical (unpaired) electrons. The van der Waals surface area contributed by atoms with Crippen LogP contribution in [0.1, 0.15) is 23.7 Å². The Bertz CT molecular complexity index is 1050. The second-order valence-corrected chi connectivity index (χ2v) is 7.88. The average Bonchev–Trinajstić information content (AvgIpc) is 2.75. The SMILES string of the molecule is COCCCn1c(S[C@@H](C)C(=O)c2ccc(OC)cc2)nc2ccccc2c1=O. The molecule has 3 aromatic rings. The van der Waals surface area contributed by atoms with Crippen LogP contribution in [0.15, 0.2) is 58.5 Å². The van der Waals surface area contributed by atoms with Crippen LogP contribution in [-0.2, 0) is 11.3 Å². The van der Waals surface area contributed by atoms with E-state index in [9.17, 15) is 9.59 Å². The minimum atomic E-state index is -0.398. The van der Waals surface area contributed by atoms with Gasteiger partial charge in [0.1, 0.15) is 5.75 Å². The zero-order valence-electron chi connectivity index (χ0n) is 16.8. The van der Waals surface area contributed by atoms with Gasteiger partial charge >= 0.3 is 0 Å². The van der Waals surface area contributed by atoms with Crippen molar-refractivity contribution < 1.29 is 14.3 Å². The first-order valence-corrected chi connectivity index (χ1v) is 10.3. The molecule has 6 nitrogen and oxygen atoms in total. The number of ether oxygens (including phenoxy) is 2. The molecule has 0 N–H and O–H groups in total. The van der Waals surface area contributed by atoms with Gasteiger partial charge in [0.05, 0.1) is 23.3 Å². The Balaban J connectivity index is 1.91. The van der Waals surface area contributed by atoms with Crippen LogP contribution in [0, 0.1) is 0 Å². The van der Waals surface area contributed by atoms with Gasteiger partial charge < -0.3 is 9.47 Å². The first-order valence-electron chi connectivity index (χ1n) is 9.38. The monoisotopic (exact) mass is 412 g/mol. The molecule has 0 fully saturated rings. The van der Waals surface area contributed by atoms with Crippen LogP contribution in [0.5, 0.6) is 5.75 Å². The molecular weight excluding hydrogens is 388 g/mol. The topological polar surface area (TPSA) is 70.4 Å². The number of Topliss-reactive ketones (excluding diaryl/α,β-unsaturated/α-hetero) is 1. The number of aromatic nitrogens is 2. The van der Waals surface area contributed by atoms with Crippen molar-refractivity contribution in [2.45, 2.75) is 30.3 Å². The number of thioether (sulfide) groups is 1. The van der Waals surface area contributed by atoms with E-state index in [1.165, 1.54) is 11.8 Å². The predicted molar refractivity (Wildman–Crippen MR) is 115 cm³/mol. The molecule has 0 unspecified atom stereocenters. The van der Waals surface area contributed by atoms with Crippen LogP contribution in [0.2, 0.25) is 0 Å². The van der Waals surface area contributed by atoms with Crippen LogP contribution in [0.4, 0.5) is 0 Å². The third-order valence-corrected chi connectivity index (χ3v) is 5.67. The fourth-order valence-electron chi connectivity index (χ4n) is 3.00. The highest BCUT2D eigenvalue weighted by Gasteiger charge is 2.20. The summed E-state index contributed by atoms with van der Waals surface area (Å²) in [7, 11) is 3.22. The summed E-state index contributed by atoms with van der Waals surface area (Å²) >= 11 is 1.30. The van der Waals surface area contributed by atoms with E-state index in [4.69, 9.17) is 9.47 Å². The lowest BCUT2D eigenvalue weighted by atomic mass is 10.1. The highest BCUT2D eigenvalue weighted by atomic mass is 32.2. The molecule has 0 amide bonds. The third-order valence-electron chi connectivity index (χ3n) is 4.58. The zero-order chi connectivity index (χ0) is 20.8. The Morgan fingerprint density at radius 3 is 2.55 bits per heavy atom. The maximum Gasteiger partial charge on any atom is 0.262 e. The number of para-hydroxylation sites is 1. The van der Waals surface area contributed by atoms with Crippen LogP contribution in [0.3, 0.4) is 0 Å². The van der Waals surface area contributed by atoms with Gasteiger partial charge in [0.15, 0.2) is 10.9 Å². The number of fused-ring (bicyclic) bond motifs is 1. The quantitative estimate of drug-likeness (QED) is 0.230. The van der Waals surface area contributed by atoms with Crippen LogP contribution in [-0.4, -0.2) is 41.4 Å². The minimum Gasteiger partial charge on any atom is -0.497 e. The van der Waals surface area contributed by atoms with E-state index in [0.29, 0.717) is 46.9 Å². The average molecular weight is 413 g/mol. The highest BCUT2D eigenvalue weighted by Crippen LogP contribution is 2.26. The molecule has 0 aliphatic carbocycles. The highest BCUT2D eigenvalue weighted by molar-refractivity contribution is 8.00. The van der Waals surface area contributed by atoms with Crippen LogP contribution >= 0.6 is 11.8 Å². The van der Waals surface area contributed by atoms with Crippen molar-refractivity contribution in [1.82, 2.24) is 9.55 Å². The van der Waals surface area contributed by atoms with E-state index in [-0.39, 0.29) is 11.3 Å². The number of carbonyl (C=O) groups excluding carboxylic acids is 1. The molecular formula is C22H24N2O4S. The molecule has 0 spiro atoms. The molecule has 1 heterocycles.